The van der Waals surface area contributed by atoms with Crippen LogP contribution in [0.3, 0.4) is 0 Å². The maximum absolute atomic E-state index is 12.5. The summed E-state index contributed by atoms with van der Waals surface area (Å²) in [6.45, 7) is 3.82. The van der Waals surface area contributed by atoms with Gasteiger partial charge in [-0.2, -0.15) is 0 Å². The number of amides is 1. The summed E-state index contributed by atoms with van der Waals surface area (Å²) < 4.78 is 0. The highest BCUT2D eigenvalue weighted by Crippen LogP contribution is 2.18. The van der Waals surface area contributed by atoms with Crippen LogP contribution < -0.4 is 5.56 Å². The first-order chi connectivity index (χ1) is 12.7. The normalized spacial score (nSPS) is 15.3. The molecule has 1 aromatic carbocycles. The Morgan fingerprint density at radius 2 is 1.85 bits per heavy atom. The molecule has 1 saturated heterocycles. The van der Waals surface area contributed by atoms with E-state index in [0.717, 1.165) is 30.5 Å². The third-order valence-corrected chi connectivity index (χ3v) is 4.80. The van der Waals surface area contributed by atoms with Gasteiger partial charge in [-0.25, -0.2) is 0 Å². The van der Waals surface area contributed by atoms with Crippen molar-refractivity contribution in [3.8, 4) is 0 Å². The summed E-state index contributed by atoms with van der Waals surface area (Å²) in [5.74, 6) is -0.0345. The van der Waals surface area contributed by atoms with E-state index in [-0.39, 0.29) is 11.5 Å². The molecule has 1 aliphatic rings. The number of carbonyl (C=O) groups is 1. The molecule has 3 heterocycles. The number of para-hydroxylation sites is 1. The molecule has 26 heavy (non-hydrogen) atoms. The van der Waals surface area contributed by atoms with Crippen LogP contribution in [0.1, 0.15) is 15.9 Å². The van der Waals surface area contributed by atoms with Crippen LogP contribution in [-0.2, 0) is 6.54 Å². The molecule has 132 valence electrons. The fourth-order valence-corrected chi connectivity index (χ4v) is 3.37. The number of rotatable bonds is 3. The molecule has 0 radical (unpaired) electrons. The number of H-pyrrole nitrogens is 1. The zero-order valence-corrected chi connectivity index (χ0v) is 14.4. The van der Waals surface area contributed by atoms with Crippen LogP contribution in [0.5, 0.6) is 0 Å². The molecule has 0 unspecified atom stereocenters. The number of piperazine rings is 1. The van der Waals surface area contributed by atoms with Crippen molar-refractivity contribution in [1.82, 2.24) is 19.8 Å². The second kappa shape index (κ2) is 7.09. The fraction of sp³-hybridized carbons (Fsp3) is 0.250. The van der Waals surface area contributed by atoms with E-state index in [4.69, 9.17) is 0 Å². The lowest BCUT2D eigenvalue weighted by atomic mass is 10.1. The molecule has 0 aliphatic carbocycles. The van der Waals surface area contributed by atoms with Crippen molar-refractivity contribution in [3.05, 3.63) is 76.3 Å². The maximum Gasteiger partial charge on any atom is 0.255 e. The van der Waals surface area contributed by atoms with Crippen LogP contribution in [-0.4, -0.2) is 51.9 Å². The van der Waals surface area contributed by atoms with Gasteiger partial charge in [0.1, 0.15) is 0 Å². The Kier molecular flexibility index (Phi) is 4.50. The molecule has 1 N–H and O–H groups in total. The number of pyridine rings is 2. The minimum absolute atomic E-state index is 0.0345. The topological polar surface area (TPSA) is 69.3 Å². The summed E-state index contributed by atoms with van der Waals surface area (Å²) >= 11 is 0. The molecular weight excluding hydrogens is 328 g/mol. The van der Waals surface area contributed by atoms with Crippen molar-refractivity contribution in [2.45, 2.75) is 6.54 Å². The van der Waals surface area contributed by atoms with E-state index < -0.39 is 0 Å². The largest absolute Gasteiger partial charge is 0.336 e. The van der Waals surface area contributed by atoms with Crippen LogP contribution in [0.25, 0.3) is 10.9 Å². The minimum atomic E-state index is -0.199. The van der Waals surface area contributed by atoms with E-state index in [1.54, 1.807) is 6.07 Å². The summed E-state index contributed by atoms with van der Waals surface area (Å²) in [5.41, 5.74) is 2.58. The molecule has 6 nitrogen and oxygen atoms in total. The lowest BCUT2D eigenvalue weighted by molar-refractivity contribution is 0.0628. The van der Waals surface area contributed by atoms with Gasteiger partial charge in [-0.15, -0.1) is 0 Å². The Bertz CT molecular complexity index is 965. The van der Waals surface area contributed by atoms with Gasteiger partial charge in [0, 0.05) is 56.6 Å². The minimum Gasteiger partial charge on any atom is -0.336 e. The molecule has 6 heteroatoms. The monoisotopic (exact) mass is 348 g/mol. The summed E-state index contributed by atoms with van der Waals surface area (Å²) in [4.78, 5) is 34.9. The number of carbonyl (C=O) groups excluding carboxylic acids is 1. The molecule has 0 spiro atoms. The average molecular weight is 348 g/mol. The molecule has 1 aliphatic heterocycles. The van der Waals surface area contributed by atoms with Crippen LogP contribution in [0.4, 0.5) is 0 Å². The third kappa shape index (κ3) is 3.36. The molecular formula is C20H20N4O2. The molecule has 4 rings (SSSR count). The molecule has 2 aromatic heterocycles. The highest BCUT2D eigenvalue weighted by Gasteiger charge is 2.22. The first kappa shape index (κ1) is 16.5. The smallest absolute Gasteiger partial charge is 0.255 e. The van der Waals surface area contributed by atoms with Gasteiger partial charge in [0.25, 0.3) is 5.91 Å². The number of benzene rings is 1. The number of nitrogens with one attached hydrogen (secondary N) is 1. The van der Waals surface area contributed by atoms with E-state index in [2.05, 4.69) is 39.1 Å². The zero-order chi connectivity index (χ0) is 17.9. The van der Waals surface area contributed by atoms with Crippen molar-refractivity contribution in [2.24, 2.45) is 0 Å². The Morgan fingerprint density at radius 1 is 1.04 bits per heavy atom. The van der Waals surface area contributed by atoms with E-state index in [1.165, 1.54) is 17.8 Å². The Balaban J connectivity index is 1.41. The van der Waals surface area contributed by atoms with Gasteiger partial charge >= 0.3 is 0 Å². The predicted molar refractivity (Wildman–Crippen MR) is 100.0 cm³/mol. The highest BCUT2D eigenvalue weighted by molar-refractivity contribution is 5.93. The number of hydrogen-bond acceptors (Lipinski definition) is 4. The fourth-order valence-electron chi connectivity index (χ4n) is 3.37. The first-order valence-electron chi connectivity index (χ1n) is 8.74. The van der Waals surface area contributed by atoms with Crippen molar-refractivity contribution in [2.75, 3.05) is 26.2 Å². The lowest BCUT2D eigenvalue weighted by Gasteiger charge is -2.34. The van der Waals surface area contributed by atoms with Crippen molar-refractivity contribution >= 4 is 16.8 Å². The van der Waals surface area contributed by atoms with Crippen molar-refractivity contribution < 1.29 is 4.79 Å². The van der Waals surface area contributed by atoms with Crippen molar-refractivity contribution in [3.63, 3.8) is 0 Å². The summed E-state index contributed by atoms with van der Waals surface area (Å²) in [6.07, 6.45) is 3.31. The molecule has 1 fully saturated rings. The number of fused-ring (bicyclic) bond motifs is 1. The quantitative estimate of drug-likeness (QED) is 0.785. The average Bonchev–Trinajstić information content (AvgIpc) is 2.69. The van der Waals surface area contributed by atoms with Gasteiger partial charge in [-0.05, 0) is 17.7 Å². The van der Waals surface area contributed by atoms with Gasteiger partial charge in [0.2, 0.25) is 5.56 Å². The predicted octanol–water partition coefficient (Wildman–Crippen LogP) is 1.88. The van der Waals surface area contributed by atoms with Crippen LogP contribution in [0.15, 0.2) is 59.7 Å². The van der Waals surface area contributed by atoms with E-state index in [9.17, 15) is 9.59 Å². The Hall–Kier alpha value is -2.99. The number of aromatic nitrogens is 2. The third-order valence-electron chi connectivity index (χ3n) is 4.80. The lowest BCUT2D eigenvalue weighted by Crippen LogP contribution is -2.48. The van der Waals surface area contributed by atoms with Crippen LogP contribution in [0, 0.1) is 0 Å². The maximum atomic E-state index is 12.5. The zero-order valence-electron chi connectivity index (χ0n) is 14.4. The molecule has 0 bridgehead atoms. The van der Waals surface area contributed by atoms with Gasteiger partial charge in [-0.1, -0.05) is 24.3 Å². The number of nitrogens with zero attached hydrogens (tertiary/aromatic N) is 3. The second-order valence-corrected chi connectivity index (χ2v) is 6.50. The first-order valence-corrected chi connectivity index (χ1v) is 8.74. The molecule has 0 saturated carbocycles. The van der Waals surface area contributed by atoms with Gasteiger partial charge in [0.15, 0.2) is 0 Å². The molecule has 3 aromatic rings. The highest BCUT2D eigenvalue weighted by atomic mass is 16.2. The summed E-state index contributed by atoms with van der Waals surface area (Å²) in [7, 11) is 0. The summed E-state index contributed by atoms with van der Waals surface area (Å²) in [6, 6.07) is 13.3. The van der Waals surface area contributed by atoms with E-state index >= 15 is 0 Å². The number of hydrogen-bond donors (Lipinski definition) is 1. The van der Waals surface area contributed by atoms with Gasteiger partial charge in [0.05, 0.1) is 11.1 Å². The van der Waals surface area contributed by atoms with Crippen molar-refractivity contribution in [1.29, 1.82) is 0 Å². The molecule has 0 atom stereocenters. The Labute approximate surface area is 151 Å². The van der Waals surface area contributed by atoms with Gasteiger partial charge in [-0.3, -0.25) is 19.5 Å². The van der Waals surface area contributed by atoms with E-state index in [1.807, 2.05) is 17.2 Å². The standard InChI is InChI=1S/C20H20N4O2/c25-18-7-6-16(13-22-18)20(26)24-11-9-23(10-12-24)14-17-4-1-3-15-5-2-8-21-19(15)17/h1-8,13H,9-12,14H2,(H,22,25). The Morgan fingerprint density at radius 3 is 2.62 bits per heavy atom. The van der Waals surface area contributed by atoms with Crippen LogP contribution in [0.2, 0.25) is 0 Å². The van der Waals surface area contributed by atoms with Crippen LogP contribution >= 0.6 is 0 Å². The second-order valence-electron chi connectivity index (χ2n) is 6.50. The molecule has 1 amide bonds. The van der Waals surface area contributed by atoms with E-state index in [0.29, 0.717) is 18.7 Å². The summed E-state index contributed by atoms with van der Waals surface area (Å²) in [5, 5.41) is 1.15. The number of aromatic amines is 1. The van der Waals surface area contributed by atoms with Gasteiger partial charge < -0.3 is 9.88 Å². The SMILES string of the molecule is O=C(c1ccc(=O)[nH]c1)N1CCN(Cc2cccc3cccnc23)CC1.